The minimum absolute atomic E-state index is 0.126. The molecule has 0 aliphatic heterocycles. The van der Waals surface area contributed by atoms with Crippen molar-refractivity contribution in [2.45, 2.75) is 26.8 Å². The first-order valence-electron chi connectivity index (χ1n) is 8.45. The molecule has 144 valence electrons. The largest absolute Gasteiger partial charge is 0.485 e. The number of Topliss-reactive ketones (excluding diaryl/α,β-unsaturated/α-hetero) is 1. The first-order chi connectivity index (χ1) is 12.9. The number of ether oxygens (including phenoxy) is 3. The van der Waals surface area contributed by atoms with Crippen LogP contribution in [-0.2, 0) is 20.8 Å². The van der Waals surface area contributed by atoms with Gasteiger partial charge < -0.3 is 18.8 Å². The number of esters is 2. The highest BCUT2D eigenvalue weighted by molar-refractivity contribution is 5.98. The fourth-order valence-corrected chi connectivity index (χ4v) is 2.76. The number of hydrogen-bond acceptors (Lipinski definition) is 6. The number of ketones is 1. The number of methoxy groups -OCH3 is 2. The summed E-state index contributed by atoms with van der Waals surface area (Å²) >= 11 is 0. The Morgan fingerprint density at radius 3 is 2.26 bits per heavy atom. The maximum atomic E-state index is 12.5. The van der Waals surface area contributed by atoms with Crippen LogP contribution in [0.15, 0.2) is 30.3 Å². The van der Waals surface area contributed by atoms with Gasteiger partial charge in [0, 0.05) is 23.5 Å². The summed E-state index contributed by atoms with van der Waals surface area (Å²) in [4.78, 5) is 35.3. The smallest absolute Gasteiger partial charge is 0.337 e. The Hall–Kier alpha value is -3.09. The molecule has 7 heteroatoms. The van der Waals surface area contributed by atoms with Gasteiger partial charge in [0.25, 0.3) is 0 Å². The van der Waals surface area contributed by atoms with Crippen LogP contribution in [0.5, 0.6) is 5.75 Å². The Labute approximate surface area is 157 Å². The number of carbonyl (C=O) groups excluding carboxylic acids is 3. The molecule has 0 saturated carbocycles. The van der Waals surface area contributed by atoms with Crippen LogP contribution in [0.3, 0.4) is 0 Å². The molecule has 2 aromatic rings. The van der Waals surface area contributed by atoms with Gasteiger partial charge in [-0.2, -0.15) is 0 Å². The van der Waals surface area contributed by atoms with Crippen molar-refractivity contribution in [1.82, 2.24) is 4.57 Å². The minimum atomic E-state index is -0.433. The first kappa shape index (κ1) is 20.2. The summed E-state index contributed by atoms with van der Waals surface area (Å²) in [6, 6.07) is 8.16. The number of hydrogen-bond donors (Lipinski definition) is 0. The van der Waals surface area contributed by atoms with Crippen LogP contribution in [0.4, 0.5) is 0 Å². The topological polar surface area (TPSA) is 83.8 Å². The molecule has 0 unspecified atom stereocenters. The second-order valence-corrected chi connectivity index (χ2v) is 5.99. The molecule has 0 radical (unpaired) electrons. The maximum Gasteiger partial charge on any atom is 0.337 e. The van der Waals surface area contributed by atoms with Crippen molar-refractivity contribution in [3.63, 3.8) is 0 Å². The molecule has 27 heavy (non-hydrogen) atoms. The van der Waals surface area contributed by atoms with E-state index in [1.807, 2.05) is 18.4 Å². The lowest BCUT2D eigenvalue weighted by molar-refractivity contribution is -0.140. The highest BCUT2D eigenvalue weighted by atomic mass is 16.5. The molecular weight excluding hydrogens is 350 g/mol. The summed E-state index contributed by atoms with van der Waals surface area (Å²) in [5, 5.41) is 0. The number of aryl methyl sites for hydroxylation is 1. The molecule has 0 amide bonds. The summed E-state index contributed by atoms with van der Waals surface area (Å²) in [5.74, 6) is -0.411. The van der Waals surface area contributed by atoms with Crippen LogP contribution in [0.25, 0.3) is 0 Å². The fraction of sp³-hybridized carbons (Fsp3) is 0.350. The van der Waals surface area contributed by atoms with E-state index in [1.54, 1.807) is 30.3 Å². The predicted molar refractivity (Wildman–Crippen MR) is 98.1 cm³/mol. The average molecular weight is 373 g/mol. The summed E-state index contributed by atoms with van der Waals surface area (Å²) < 4.78 is 16.7. The van der Waals surface area contributed by atoms with Crippen molar-refractivity contribution < 1.29 is 28.6 Å². The van der Waals surface area contributed by atoms with Gasteiger partial charge in [0.2, 0.25) is 5.78 Å². The number of carbonyl (C=O) groups is 3. The third-order valence-electron chi connectivity index (χ3n) is 4.29. The van der Waals surface area contributed by atoms with Crippen molar-refractivity contribution in [2.24, 2.45) is 0 Å². The third kappa shape index (κ3) is 4.97. The van der Waals surface area contributed by atoms with Crippen molar-refractivity contribution in [3.8, 4) is 5.75 Å². The van der Waals surface area contributed by atoms with Crippen LogP contribution in [0.1, 0.15) is 38.5 Å². The lowest BCUT2D eigenvalue weighted by Gasteiger charge is -2.09. The minimum Gasteiger partial charge on any atom is -0.485 e. The van der Waals surface area contributed by atoms with E-state index in [0.717, 1.165) is 11.4 Å². The van der Waals surface area contributed by atoms with Gasteiger partial charge in [-0.15, -0.1) is 0 Å². The van der Waals surface area contributed by atoms with Gasteiger partial charge in [-0.1, -0.05) is 0 Å². The quantitative estimate of drug-likeness (QED) is 0.523. The molecule has 0 aliphatic rings. The average Bonchev–Trinajstić information content (AvgIpc) is 2.97. The number of benzene rings is 1. The summed E-state index contributed by atoms with van der Waals surface area (Å²) in [7, 11) is 2.66. The zero-order valence-corrected chi connectivity index (χ0v) is 15.9. The van der Waals surface area contributed by atoms with Gasteiger partial charge in [0.15, 0.2) is 6.61 Å². The van der Waals surface area contributed by atoms with Gasteiger partial charge in [-0.3, -0.25) is 9.59 Å². The first-order valence-corrected chi connectivity index (χ1v) is 8.45. The molecule has 1 aromatic heterocycles. The van der Waals surface area contributed by atoms with E-state index in [4.69, 9.17) is 4.74 Å². The van der Waals surface area contributed by atoms with Gasteiger partial charge in [0.05, 0.1) is 26.2 Å². The molecular formula is C20H23NO6. The van der Waals surface area contributed by atoms with Crippen LogP contribution in [0.2, 0.25) is 0 Å². The van der Waals surface area contributed by atoms with E-state index in [0.29, 0.717) is 23.4 Å². The van der Waals surface area contributed by atoms with Crippen LogP contribution in [0, 0.1) is 13.8 Å². The molecule has 0 N–H and O–H groups in total. The van der Waals surface area contributed by atoms with Crippen LogP contribution in [-0.4, -0.2) is 43.1 Å². The Bertz CT molecular complexity index is 835. The Balaban J connectivity index is 2.01. The molecule has 0 spiro atoms. The number of aromatic nitrogens is 1. The normalized spacial score (nSPS) is 10.4. The molecule has 0 bridgehead atoms. The van der Waals surface area contributed by atoms with Crippen molar-refractivity contribution in [1.29, 1.82) is 0 Å². The maximum absolute atomic E-state index is 12.5. The molecule has 0 atom stereocenters. The van der Waals surface area contributed by atoms with E-state index in [-0.39, 0.29) is 24.8 Å². The van der Waals surface area contributed by atoms with Crippen LogP contribution < -0.4 is 4.74 Å². The van der Waals surface area contributed by atoms with Crippen molar-refractivity contribution in [3.05, 3.63) is 52.8 Å². The monoisotopic (exact) mass is 373 g/mol. The van der Waals surface area contributed by atoms with E-state index >= 15 is 0 Å². The lowest BCUT2D eigenvalue weighted by atomic mass is 10.1. The van der Waals surface area contributed by atoms with Crippen molar-refractivity contribution >= 4 is 17.7 Å². The molecule has 1 heterocycles. The third-order valence-corrected chi connectivity index (χ3v) is 4.29. The van der Waals surface area contributed by atoms with E-state index in [2.05, 4.69) is 9.47 Å². The van der Waals surface area contributed by atoms with Crippen LogP contribution >= 0.6 is 0 Å². The second kappa shape index (κ2) is 9.02. The Kier molecular flexibility index (Phi) is 6.76. The zero-order valence-electron chi connectivity index (χ0n) is 15.9. The summed E-state index contributed by atoms with van der Waals surface area (Å²) in [6.07, 6.45) is 0.240. The van der Waals surface area contributed by atoms with Crippen molar-refractivity contribution in [2.75, 3.05) is 20.8 Å². The number of nitrogens with zero attached hydrogens (tertiary/aromatic N) is 1. The van der Waals surface area contributed by atoms with E-state index in [1.165, 1.54) is 14.2 Å². The molecule has 1 aromatic carbocycles. The highest BCUT2D eigenvalue weighted by Crippen LogP contribution is 2.18. The van der Waals surface area contributed by atoms with Gasteiger partial charge in [-0.25, -0.2) is 4.79 Å². The highest BCUT2D eigenvalue weighted by Gasteiger charge is 2.17. The fourth-order valence-electron chi connectivity index (χ4n) is 2.76. The standard InChI is InChI=1S/C20H23NO6/c1-13-11-17(14(2)21(13)10-9-19(23)25-3)18(22)12-27-16-7-5-15(6-8-16)20(24)26-4/h5-8,11H,9-10,12H2,1-4H3. The van der Waals surface area contributed by atoms with Gasteiger partial charge in [-0.05, 0) is 44.2 Å². The second-order valence-electron chi connectivity index (χ2n) is 5.99. The van der Waals surface area contributed by atoms with E-state index < -0.39 is 5.97 Å². The Morgan fingerprint density at radius 1 is 1.00 bits per heavy atom. The Morgan fingerprint density at radius 2 is 1.67 bits per heavy atom. The zero-order chi connectivity index (χ0) is 20.0. The molecule has 0 saturated heterocycles. The number of rotatable bonds is 8. The SMILES string of the molecule is COC(=O)CCn1c(C)cc(C(=O)COc2ccc(C(=O)OC)cc2)c1C. The molecule has 0 aliphatic carbocycles. The lowest BCUT2D eigenvalue weighted by Crippen LogP contribution is -2.14. The van der Waals surface area contributed by atoms with E-state index in [9.17, 15) is 14.4 Å². The molecule has 7 nitrogen and oxygen atoms in total. The predicted octanol–water partition coefficient (Wildman–Crippen LogP) is 2.72. The molecule has 2 rings (SSSR count). The van der Waals surface area contributed by atoms with Gasteiger partial charge in [0.1, 0.15) is 5.75 Å². The summed E-state index contributed by atoms with van der Waals surface area (Å²) in [5.41, 5.74) is 2.64. The summed E-state index contributed by atoms with van der Waals surface area (Å²) in [6.45, 7) is 4.04. The van der Waals surface area contributed by atoms with Gasteiger partial charge >= 0.3 is 11.9 Å². The molecule has 0 fully saturated rings.